The van der Waals surface area contributed by atoms with Crippen LogP contribution in [0.1, 0.15) is 316 Å². The van der Waals surface area contributed by atoms with Crippen molar-refractivity contribution in [1.82, 2.24) is 0 Å². The van der Waals surface area contributed by atoms with E-state index in [1.165, 1.54) is 128 Å². The van der Waals surface area contributed by atoms with Crippen molar-refractivity contribution in [2.24, 2.45) is 0 Å². The second kappa shape index (κ2) is 70.0. The van der Waals surface area contributed by atoms with Crippen molar-refractivity contribution in [3.8, 4) is 0 Å². The van der Waals surface area contributed by atoms with Gasteiger partial charge in [-0.25, -0.2) is 0 Å². The number of unbranched alkanes of at least 4 members (excludes halogenated alkanes) is 29. The molecule has 6 nitrogen and oxygen atoms in total. The Morgan fingerprint density at radius 3 is 0.783 bits per heavy atom. The Hall–Kier alpha value is -4.45. The molecule has 472 valence electrons. The van der Waals surface area contributed by atoms with Gasteiger partial charge in [0.1, 0.15) is 13.2 Å². The van der Waals surface area contributed by atoms with Crippen molar-refractivity contribution in [2.45, 2.75) is 322 Å². The fraction of sp³-hybridized carbons (Fsp3) is 0.675. The van der Waals surface area contributed by atoms with Gasteiger partial charge in [0.2, 0.25) is 0 Å². The molecule has 0 aliphatic carbocycles. The van der Waals surface area contributed by atoms with Crippen molar-refractivity contribution < 1.29 is 28.6 Å². The fourth-order valence-electron chi connectivity index (χ4n) is 9.41. The summed E-state index contributed by atoms with van der Waals surface area (Å²) >= 11 is 0. The number of allylic oxidation sites excluding steroid dienone is 22. The zero-order valence-corrected chi connectivity index (χ0v) is 54.2. The molecule has 0 fully saturated rings. The number of ether oxygens (including phenoxy) is 3. The Morgan fingerprint density at radius 2 is 0.482 bits per heavy atom. The Morgan fingerprint density at radius 1 is 0.253 bits per heavy atom. The number of hydrogen-bond donors (Lipinski definition) is 0. The molecule has 6 heteroatoms. The summed E-state index contributed by atoms with van der Waals surface area (Å²) in [5.41, 5.74) is 0. The van der Waals surface area contributed by atoms with E-state index in [9.17, 15) is 14.4 Å². The molecule has 0 aliphatic rings. The molecule has 0 spiro atoms. The van der Waals surface area contributed by atoms with E-state index in [1.807, 2.05) is 0 Å². The van der Waals surface area contributed by atoms with Crippen LogP contribution in [0.2, 0.25) is 0 Å². The summed E-state index contributed by atoms with van der Waals surface area (Å²) in [7, 11) is 0. The first kappa shape index (κ1) is 78.5. The second-order valence-electron chi connectivity index (χ2n) is 22.7. The van der Waals surface area contributed by atoms with Crippen LogP contribution in [0, 0.1) is 0 Å². The summed E-state index contributed by atoms with van der Waals surface area (Å²) in [6, 6.07) is 0. The van der Waals surface area contributed by atoms with E-state index in [0.717, 1.165) is 148 Å². The molecule has 0 aromatic heterocycles. The third-order valence-electron chi connectivity index (χ3n) is 14.6. The van der Waals surface area contributed by atoms with E-state index in [1.54, 1.807) is 0 Å². The van der Waals surface area contributed by atoms with Crippen molar-refractivity contribution in [1.29, 1.82) is 0 Å². The average molecular weight is 1150 g/mol. The van der Waals surface area contributed by atoms with Crippen molar-refractivity contribution in [2.75, 3.05) is 13.2 Å². The maximum absolute atomic E-state index is 12.9. The van der Waals surface area contributed by atoms with Crippen LogP contribution < -0.4 is 0 Å². The summed E-state index contributed by atoms with van der Waals surface area (Å²) in [4.78, 5) is 38.4. The molecule has 0 N–H and O–H groups in total. The third-order valence-corrected chi connectivity index (χ3v) is 14.6. The Balaban J connectivity index is 4.32. The van der Waals surface area contributed by atoms with E-state index in [-0.39, 0.29) is 31.1 Å². The van der Waals surface area contributed by atoms with Crippen LogP contribution in [0.25, 0.3) is 0 Å². The fourth-order valence-corrected chi connectivity index (χ4v) is 9.41. The van der Waals surface area contributed by atoms with Gasteiger partial charge in [-0.2, -0.15) is 0 Å². The lowest BCUT2D eigenvalue weighted by atomic mass is 10.0. The quantitative estimate of drug-likeness (QED) is 0.0261. The molecule has 1 atom stereocenters. The molecule has 0 heterocycles. The Bertz CT molecular complexity index is 1750. The zero-order chi connectivity index (χ0) is 59.9. The Kier molecular flexibility index (Phi) is 66.3. The molecule has 0 rings (SSSR count). The van der Waals surface area contributed by atoms with E-state index >= 15 is 0 Å². The molecule has 0 aromatic carbocycles. The Labute approximate surface area is 513 Å². The van der Waals surface area contributed by atoms with Gasteiger partial charge in [0.05, 0.1) is 0 Å². The predicted molar refractivity (Wildman–Crippen MR) is 362 cm³/mol. The minimum Gasteiger partial charge on any atom is -0.462 e. The van der Waals surface area contributed by atoms with Gasteiger partial charge in [0.15, 0.2) is 6.10 Å². The third kappa shape index (κ3) is 68.2. The highest BCUT2D eigenvalue weighted by Crippen LogP contribution is 2.16. The summed E-state index contributed by atoms with van der Waals surface area (Å²) in [5, 5.41) is 0. The second-order valence-corrected chi connectivity index (χ2v) is 22.7. The monoisotopic (exact) mass is 1150 g/mol. The van der Waals surface area contributed by atoms with Crippen LogP contribution in [0.3, 0.4) is 0 Å². The maximum atomic E-state index is 12.9. The highest BCUT2D eigenvalue weighted by Gasteiger charge is 2.19. The SMILES string of the molecule is CC/C=C\C/C=C\C/C=C\C/C=C\C/C=C\C/C=C\C/C=C\CCCCCCCC(=O)OCC(COC(=O)CCCCCCC/C=C\CCCC)OC(=O)CCCCCCCCCCCCCC/C=C\C/C=C\C/C=C\CCCCCCC. The molecule has 0 aromatic rings. The first-order valence-corrected chi connectivity index (χ1v) is 34.7. The summed E-state index contributed by atoms with van der Waals surface area (Å²) < 4.78 is 16.9. The van der Waals surface area contributed by atoms with Gasteiger partial charge in [-0.15, -0.1) is 0 Å². The normalized spacial score (nSPS) is 13.0. The number of esters is 3. The molecular formula is C77H128O6. The lowest BCUT2D eigenvalue weighted by Crippen LogP contribution is -2.30. The minimum atomic E-state index is -0.796. The maximum Gasteiger partial charge on any atom is 0.306 e. The van der Waals surface area contributed by atoms with Crippen LogP contribution in [0.15, 0.2) is 134 Å². The van der Waals surface area contributed by atoms with E-state index in [2.05, 4.69) is 154 Å². The van der Waals surface area contributed by atoms with Gasteiger partial charge in [-0.3, -0.25) is 14.4 Å². The van der Waals surface area contributed by atoms with Crippen LogP contribution in [0.4, 0.5) is 0 Å². The van der Waals surface area contributed by atoms with Gasteiger partial charge in [-0.05, 0) is 135 Å². The summed E-state index contributed by atoms with van der Waals surface area (Å²) in [6.45, 7) is 6.47. The van der Waals surface area contributed by atoms with Crippen LogP contribution in [-0.4, -0.2) is 37.2 Å². The van der Waals surface area contributed by atoms with Crippen LogP contribution in [-0.2, 0) is 28.6 Å². The number of hydrogen-bond acceptors (Lipinski definition) is 6. The van der Waals surface area contributed by atoms with E-state index < -0.39 is 6.10 Å². The highest BCUT2D eigenvalue weighted by molar-refractivity contribution is 5.71. The van der Waals surface area contributed by atoms with Gasteiger partial charge < -0.3 is 14.2 Å². The molecule has 0 amide bonds. The van der Waals surface area contributed by atoms with Gasteiger partial charge >= 0.3 is 17.9 Å². The number of rotatable bonds is 62. The van der Waals surface area contributed by atoms with Gasteiger partial charge in [-0.1, -0.05) is 296 Å². The first-order chi connectivity index (χ1) is 41.0. The van der Waals surface area contributed by atoms with E-state index in [0.29, 0.717) is 19.3 Å². The smallest absolute Gasteiger partial charge is 0.306 e. The first-order valence-electron chi connectivity index (χ1n) is 34.7. The lowest BCUT2D eigenvalue weighted by molar-refractivity contribution is -0.167. The topological polar surface area (TPSA) is 78.9 Å². The molecule has 0 aliphatic heterocycles. The molecular weight excluding hydrogens is 1020 g/mol. The van der Waals surface area contributed by atoms with Gasteiger partial charge in [0, 0.05) is 19.3 Å². The number of carbonyl (C=O) groups is 3. The average Bonchev–Trinajstić information content (AvgIpc) is 3.48. The highest BCUT2D eigenvalue weighted by atomic mass is 16.6. The number of carbonyl (C=O) groups excluding carboxylic acids is 3. The summed E-state index contributed by atoms with van der Waals surface area (Å²) in [6.07, 6.45) is 99.0. The molecule has 1 unspecified atom stereocenters. The molecule has 0 radical (unpaired) electrons. The minimum absolute atomic E-state index is 0.0919. The van der Waals surface area contributed by atoms with Crippen molar-refractivity contribution in [3.05, 3.63) is 134 Å². The molecule has 0 bridgehead atoms. The van der Waals surface area contributed by atoms with Gasteiger partial charge in [0.25, 0.3) is 0 Å². The largest absolute Gasteiger partial charge is 0.462 e. The van der Waals surface area contributed by atoms with Crippen LogP contribution >= 0.6 is 0 Å². The van der Waals surface area contributed by atoms with E-state index in [4.69, 9.17) is 14.2 Å². The van der Waals surface area contributed by atoms with Crippen molar-refractivity contribution >= 4 is 17.9 Å². The molecule has 83 heavy (non-hydrogen) atoms. The standard InChI is InChI=1S/C77H128O6/c1-4-7-10-13-16-19-22-24-26-28-30-32-34-36-38-40-42-44-46-48-50-52-55-58-61-64-67-70-76(79)82-73-74(72-81-75(78)69-66-63-60-57-54-21-18-15-12-9-6-3)83-77(80)71-68-65-62-59-56-53-51-49-47-45-43-41-39-37-35-33-31-29-27-25-23-20-17-14-11-8-5-2/h7,10,15-16,18-19,23-26,29-32,35-38,42,44,48,50,74H,4-6,8-9,11-14,17,20-22,27-28,33-34,39-41,43,45-47,49,51-73H2,1-3H3/b10-7-,18-15-,19-16-,25-23-,26-24-,31-29-,32-30-,37-35-,38-36-,44-42-,50-48-. The van der Waals surface area contributed by atoms with Crippen LogP contribution in [0.5, 0.6) is 0 Å². The van der Waals surface area contributed by atoms with Crippen molar-refractivity contribution in [3.63, 3.8) is 0 Å². The lowest BCUT2D eigenvalue weighted by Gasteiger charge is -2.18. The predicted octanol–water partition coefficient (Wildman–Crippen LogP) is 24.1. The zero-order valence-electron chi connectivity index (χ0n) is 54.2. The molecule has 0 saturated heterocycles. The summed E-state index contributed by atoms with van der Waals surface area (Å²) in [5.74, 6) is -0.917. The molecule has 0 saturated carbocycles.